The number of amides is 1. The molecular weight excluding hydrogens is 418 g/mol. The zero-order chi connectivity index (χ0) is 24.2. The molecule has 9 heteroatoms. The van der Waals surface area contributed by atoms with E-state index < -0.39 is 6.10 Å². The van der Waals surface area contributed by atoms with Gasteiger partial charge < -0.3 is 26.0 Å². The summed E-state index contributed by atoms with van der Waals surface area (Å²) in [7, 11) is 3.80. The Kier molecular flexibility index (Phi) is 8.07. The molecule has 33 heavy (non-hydrogen) atoms. The fourth-order valence-electron chi connectivity index (χ4n) is 3.94. The number of aliphatic hydroxyl groups is 1. The van der Waals surface area contributed by atoms with Gasteiger partial charge in [0.1, 0.15) is 5.52 Å². The molecule has 1 amide bonds. The molecule has 9 nitrogen and oxygen atoms in total. The van der Waals surface area contributed by atoms with E-state index in [9.17, 15) is 9.90 Å². The normalized spacial score (nSPS) is 20.0. The first-order chi connectivity index (χ1) is 15.5. The lowest BCUT2D eigenvalue weighted by Crippen LogP contribution is -2.43. The molecule has 182 valence electrons. The minimum atomic E-state index is -0.671. The van der Waals surface area contributed by atoms with Gasteiger partial charge in [0.25, 0.3) is 0 Å². The van der Waals surface area contributed by atoms with Crippen molar-refractivity contribution in [3.05, 3.63) is 18.0 Å². The number of carbonyl (C=O) groups excluding carboxylic acids is 1. The third-order valence-electron chi connectivity index (χ3n) is 5.69. The maximum Gasteiger partial charge on any atom is 0.234 e. The van der Waals surface area contributed by atoms with Crippen LogP contribution in [0.2, 0.25) is 0 Å². The molecular formula is C24H39N7O2. The molecule has 1 saturated carbocycles. The van der Waals surface area contributed by atoms with Gasteiger partial charge in [-0.2, -0.15) is 0 Å². The molecule has 4 N–H and O–H groups in total. The van der Waals surface area contributed by atoms with Crippen molar-refractivity contribution in [1.82, 2.24) is 25.2 Å². The quantitative estimate of drug-likeness (QED) is 0.478. The van der Waals surface area contributed by atoms with Crippen molar-refractivity contribution >= 4 is 28.6 Å². The summed E-state index contributed by atoms with van der Waals surface area (Å²) in [5, 5.41) is 20.9. The molecule has 0 bridgehead atoms. The topological polar surface area (TPSA) is 115 Å². The van der Waals surface area contributed by atoms with Gasteiger partial charge in [-0.25, -0.2) is 15.0 Å². The van der Waals surface area contributed by atoms with E-state index >= 15 is 0 Å². The summed E-state index contributed by atoms with van der Waals surface area (Å²) in [5.74, 6) is 1.32. The van der Waals surface area contributed by atoms with Crippen molar-refractivity contribution in [2.45, 2.75) is 71.6 Å². The number of hydrogen-bond donors (Lipinski definition) is 4. The fourth-order valence-corrected chi connectivity index (χ4v) is 3.94. The predicted octanol–water partition coefficient (Wildman–Crippen LogP) is 2.94. The second-order valence-electron chi connectivity index (χ2n) is 10.6. The number of nitrogens with one attached hydrogen (secondary N) is 3. The van der Waals surface area contributed by atoms with E-state index in [1.54, 1.807) is 13.1 Å². The summed E-state index contributed by atoms with van der Waals surface area (Å²) in [6.45, 7) is 9.32. The number of aromatic nitrogens is 3. The van der Waals surface area contributed by atoms with Crippen molar-refractivity contribution in [3.8, 4) is 0 Å². The second-order valence-corrected chi connectivity index (χ2v) is 10.6. The lowest BCUT2D eigenvalue weighted by molar-refractivity contribution is -0.122. The van der Waals surface area contributed by atoms with Crippen LogP contribution < -0.4 is 16.0 Å². The van der Waals surface area contributed by atoms with Crippen molar-refractivity contribution in [2.24, 2.45) is 5.41 Å². The molecule has 0 aliphatic heterocycles. The number of rotatable bonds is 8. The Labute approximate surface area is 196 Å². The van der Waals surface area contributed by atoms with Crippen LogP contribution in [0.4, 0.5) is 11.8 Å². The van der Waals surface area contributed by atoms with Gasteiger partial charge in [-0.3, -0.25) is 4.79 Å². The zero-order valence-corrected chi connectivity index (χ0v) is 20.8. The van der Waals surface area contributed by atoms with Gasteiger partial charge in [-0.1, -0.05) is 20.8 Å². The monoisotopic (exact) mass is 457 g/mol. The molecule has 1 aliphatic carbocycles. The number of nitrogens with zero attached hydrogens (tertiary/aromatic N) is 4. The van der Waals surface area contributed by atoms with Crippen LogP contribution in [-0.2, 0) is 4.79 Å². The number of carbonyl (C=O) groups is 1. The maximum absolute atomic E-state index is 12.0. The first kappa shape index (κ1) is 25.1. The van der Waals surface area contributed by atoms with E-state index in [1.807, 2.05) is 25.1 Å². The van der Waals surface area contributed by atoms with Crippen molar-refractivity contribution in [2.75, 3.05) is 37.8 Å². The molecule has 0 aromatic carbocycles. The minimum absolute atomic E-state index is 0.0730. The van der Waals surface area contributed by atoms with Gasteiger partial charge in [0, 0.05) is 30.2 Å². The highest BCUT2D eigenvalue weighted by atomic mass is 16.3. The Hall–Kier alpha value is -2.52. The van der Waals surface area contributed by atoms with Crippen LogP contribution in [0, 0.1) is 5.41 Å². The number of anilines is 2. The molecule has 2 aromatic heterocycles. The first-order valence-corrected chi connectivity index (χ1v) is 11.8. The maximum atomic E-state index is 12.0. The average Bonchev–Trinajstić information content (AvgIpc) is 2.72. The van der Waals surface area contributed by atoms with Crippen LogP contribution in [0.5, 0.6) is 0 Å². The van der Waals surface area contributed by atoms with Gasteiger partial charge in [0.15, 0.2) is 5.82 Å². The number of fused-ring (bicyclic) bond motifs is 1. The highest BCUT2D eigenvalue weighted by Crippen LogP contribution is 2.27. The molecule has 0 spiro atoms. The SMILES string of the molecule is C[C@@H](O)c1cc2cnc(NC3CCC(NC(=O)CN(C)C)CC3)nc2c(NCC(C)(C)C)n1. The van der Waals surface area contributed by atoms with Gasteiger partial charge in [0.2, 0.25) is 11.9 Å². The molecule has 1 atom stereocenters. The standard InChI is InChI=1S/C24H39N7O2/c1-15(32)19-11-16-12-25-23(30-21(16)22(29-19)26-14-24(2,3)4)28-18-9-7-17(8-10-18)27-20(33)13-31(5)6/h11-12,15,17-18,32H,7-10,13-14H2,1-6H3,(H,26,29)(H,27,33)(H,25,28,30)/t15-,17?,18?/m1/s1. The largest absolute Gasteiger partial charge is 0.387 e. The highest BCUT2D eigenvalue weighted by Gasteiger charge is 2.23. The van der Waals surface area contributed by atoms with Crippen LogP contribution >= 0.6 is 0 Å². The Morgan fingerprint density at radius 3 is 2.45 bits per heavy atom. The molecule has 0 unspecified atom stereocenters. The van der Waals surface area contributed by atoms with E-state index in [0.29, 0.717) is 24.0 Å². The molecule has 0 radical (unpaired) electrons. The number of hydrogen-bond acceptors (Lipinski definition) is 8. The average molecular weight is 458 g/mol. The number of aliphatic hydroxyl groups excluding tert-OH is 1. The smallest absolute Gasteiger partial charge is 0.234 e. The summed E-state index contributed by atoms with van der Waals surface area (Å²) in [6.07, 6.45) is 4.87. The van der Waals surface area contributed by atoms with Crippen LogP contribution in [0.25, 0.3) is 10.9 Å². The minimum Gasteiger partial charge on any atom is -0.387 e. The predicted molar refractivity (Wildman–Crippen MR) is 132 cm³/mol. The number of pyridine rings is 1. The molecule has 2 heterocycles. The van der Waals surface area contributed by atoms with E-state index in [4.69, 9.17) is 4.98 Å². The summed E-state index contributed by atoms with van der Waals surface area (Å²) in [5.41, 5.74) is 1.41. The summed E-state index contributed by atoms with van der Waals surface area (Å²) in [6, 6.07) is 2.33. The Balaban J connectivity index is 1.69. The van der Waals surface area contributed by atoms with E-state index in [1.165, 1.54) is 0 Å². The second kappa shape index (κ2) is 10.6. The Morgan fingerprint density at radius 1 is 1.18 bits per heavy atom. The summed E-state index contributed by atoms with van der Waals surface area (Å²) >= 11 is 0. The lowest BCUT2D eigenvalue weighted by Gasteiger charge is -2.30. The van der Waals surface area contributed by atoms with Gasteiger partial charge in [0.05, 0.1) is 18.3 Å². The fraction of sp³-hybridized carbons (Fsp3) is 0.667. The molecule has 1 aliphatic rings. The van der Waals surface area contributed by atoms with Crippen LogP contribution in [0.15, 0.2) is 12.3 Å². The van der Waals surface area contributed by atoms with E-state index in [0.717, 1.165) is 43.1 Å². The van der Waals surface area contributed by atoms with Crippen molar-refractivity contribution < 1.29 is 9.90 Å². The van der Waals surface area contributed by atoms with Crippen molar-refractivity contribution in [3.63, 3.8) is 0 Å². The third kappa shape index (κ3) is 7.50. The molecule has 2 aromatic rings. The zero-order valence-electron chi connectivity index (χ0n) is 20.8. The van der Waals surface area contributed by atoms with Crippen molar-refractivity contribution in [1.29, 1.82) is 0 Å². The third-order valence-corrected chi connectivity index (χ3v) is 5.69. The molecule has 3 rings (SSSR count). The molecule has 0 saturated heterocycles. The van der Waals surface area contributed by atoms with Crippen LogP contribution in [-0.4, -0.2) is 70.1 Å². The van der Waals surface area contributed by atoms with Gasteiger partial charge in [-0.05, 0) is 58.2 Å². The van der Waals surface area contributed by atoms with Gasteiger partial charge in [-0.15, -0.1) is 0 Å². The number of likely N-dealkylation sites (N-methyl/N-ethyl adjacent to an activating group) is 1. The van der Waals surface area contributed by atoms with Gasteiger partial charge >= 0.3 is 0 Å². The molecule has 1 fully saturated rings. The van der Waals surface area contributed by atoms with Crippen LogP contribution in [0.1, 0.15) is 65.2 Å². The van der Waals surface area contributed by atoms with Crippen LogP contribution in [0.3, 0.4) is 0 Å². The van der Waals surface area contributed by atoms with E-state index in [2.05, 4.69) is 46.7 Å². The van der Waals surface area contributed by atoms with E-state index in [-0.39, 0.29) is 23.4 Å². The lowest BCUT2D eigenvalue weighted by atomic mass is 9.91. The summed E-state index contributed by atoms with van der Waals surface area (Å²) in [4.78, 5) is 27.8. The Morgan fingerprint density at radius 2 is 1.85 bits per heavy atom. The Bertz CT molecular complexity index is 948. The summed E-state index contributed by atoms with van der Waals surface area (Å²) < 4.78 is 0. The first-order valence-electron chi connectivity index (χ1n) is 11.8. The highest BCUT2D eigenvalue weighted by molar-refractivity contribution is 5.88.